The van der Waals surface area contributed by atoms with Crippen molar-refractivity contribution in [1.82, 2.24) is 5.32 Å². The summed E-state index contributed by atoms with van der Waals surface area (Å²) in [6.45, 7) is 2.77. The van der Waals surface area contributed by atoms with Gasteiger partial charge in [-0.15, -0.1) is 0 Å². The minimum Gasteiger partial charge on any atom is -0.309 e. The zero-order valence-corrected chi connectivity index (χ0v) is 13.0. The molecule has 3 nitrogen and oxygen atoms in total. The van der Waals surface area contributed by atoms with E-state index in [4.69, 9.17) is 0 Å². The van der Waals surface area contributed by atoms with E-state index in [2.05, 4.69) is 24.4 Å². The van der Waals surface area contributed by atoms with E-state index in [1.54, 1.807) is 0 Å². The van der Waals surface area contributed by atoms with Gasteiger partial charge < -0.3 is 5.32 Å². The second-order valence-corrected chi connectivity index (χ2v) is 8.05. The molecule has 0 radical (unpaired) electrons. The fourth-order valence-corrected chi connectivity index (χ4v) is 4.62. The highest BCUT2D eigenvalue weighted by Crippen LogP contribution is 2.23. The van der Waals surface area contributed by atoms with Crippen LogP contribution in [0.25, 0.3) is 0 Å². The summed E-state index contributed by atoms with van der Waals surface area (Å²) >= 11 is 0. The fraction of sp³-hybridized carbons (Fsp3) is 0.625. The molecule has 0 spiro atoms. The summed E-state index contributed by atoms with van der Waals surface area (Å²) in [6.07, 6.45) is 5.01. The molecule has 0 aliphatic carbocycles. The Morgan fingerprint density at radius 2 is 2.05 bits per heavy atom. The van der Waals surface area contributed by atoms with Gasteiger partial charge in [0.25, 0.3) is 0 Å². The molecule has 1 aromatic carbocycles. The first kappa shape index (κ1) is 15.5. The monoisotopic (exact) mass is 295 g/mol. The normalized spacial score (nSPS) is 22.8. The smallest absolute Gasteiger partial charge is 0.154 e. The molecule has 1 aliphatic heterocycles. The van der Waals surface area contributed by atoms with Gasteiger partial charge >= 0.3 is 0 Å². The van der Waals surface area contributed by atoms with Crippen molar-refractivity contribution in [1.29, 1.82) is 0 Å². The summed E-state index contributed by atoms with van der Waals surface area (Å²) in [7, 11) is -2.85. The largest absolute Gasteiger partial charge is 0.309 e. The number of hydrogen-bond acceptors (Lipinski definition) is 3. The Morgan fingerprint density at radius 3 is 2.65 bits per heavy atom. The van der Waals surface area contributed by atoms with Crippen molar-refractivity contribution in [3.63, 3.8) is 0 Å². The third-order valence-corrected chi connectivity index (χ3v) is 6.38. The summed E-state index contributed by atoms with van der Waals surface area (Å²) < 4.78 is 23.8. The van der Waals surface area contributed by atoms with Gasteiger partial charge in [0.2, 0.25) is 0 Å². The van der Waals surface area contributed by atoms with Crippen molar-refractivity contribution < 1.29 is 8.42 Å². The van der Waals surface area contributed by atoms with E-state index >= 15 is 0 Å². The Labute approximate surface area is 122 Å². The van der Waals surface area contributed by atoms with E-state index in [-0.39, 0.29) is 11.3 Å². The minimum atomic E-state index is -2.85. The van der Waals surface area contributed by atoms with E-state index in [0.29, 0.717) is 12.3 Å². The molecule has 1 aromatic rings. The highest BCUT2D eigenvalue weighted by Gasteiger charge is 2.31. The zero-order chi connectivity index (χ0) is 14.4. The van der Waals surface area contributed by atoms with E-state index < -0.39 is 9.84 Å². The molecule has 112 valence electrons. The quantitative estimate of drug-likeness (QED) is 0.841. The Morgan fingerprint density at radius 1 is 1.30 bits per heavy atom. The molecule has 0 amide bonds. The molecule has 2 atom stereocenters. The Hall–Kier alpha value is -0.870. The van der Waals surface area contributed by atoms with Crippen LogP contribution in [0.3, 0.4) is 0 Å². The maximum absolute atomic E-state index is 11.9. The van der Waals surface area contributed by atoms with Crippen LogP contribution in [-0.2, 0) is 9.84 Å². The van der Waals surface area contributed by atoms with Crippen LogP contribution in [0.2, 0.25) is 0 Å². The molecule has 1 fully saturated rings. The van der Waals surface area contributed by atoms with Crippen LogP contribution >= 0.6 is 0 Å². The molecule has 4 heteroatoms. The van der Waals surface area contributed by atoms with Crippen LogP contribution in [0.4, 0.5) is 0 Å². The zero-order valence-electron chi connectivity index (χ0n) is 12.2. The summed E-state index contributed by atoms with van der Waals surface area (Å²) in [5, 5.41) is 3.30. The molecular weight excluding hydrogens is 270 g/mol. The molecule has 1 saturated heterocycles. The van der Waals surface area contributed by atoms with Gasteiger partial charge in [-0.1, -0.05) is 50.1 Å². The highest BCUT2D eigenvalue weighted by molar-refractivity contribution is 7.92. The van der Waals surface area contributed by atoms with Crippen LogP contribution in [-0.4, -0.2) is 26.0 Å². The maximum atomic E-state index is 11.9. The van der Waals surface area contributed by atoms with Crippen molar-refractivity contribution in [3.05, 3.63) is 35.9 Å². The number of unbranched alkanes of at least 4 members (excludes halogenated alkanes) is 1. The van der Waals surface area contributed by atoms with Crippen molar-refractivity contribution in [2.75, 3.05) is 12.3 Å². The molecule has 0 bridgehead atoms. The molecule has 0 aromatic heterocycles. The maximum Gasteiger partial charge on any atom is 0.154 e. The van der Waals surface area contributed by atoms with E-state index in [1.165, 1.54) is 5.56 Å². The SMILES string of the molecule is CCCCC(NCC1CCCS1(=O)=O)c1ccccc1. The third kappa shape index (κ3) is 4.06. The van der Waals surface area contributed by atoms with Crippen LogP contribution < -0.4 is 5.32 Å². The average Bonchev–Trinajstić information content (AvgIpc) is 2.79. The number of sulfone groups is 1. The molecular formula is C16H25NO2S. The third-order valence-electron chi connectivity index (χ3n) is 4.10. The topological polar surface area (TPSA) is 46.2 Å². The predicted molar refractivity (Wildman–Crippen MR) is 83.5 cm³/mol. The average molecular weight is 295 g/mol. The summed E-state index contributed by atoms with van der Waals surface area (Å²) in [5.41, 5.74) is 1.26. The second-order valence-electron chi connectivity index (χ2n) is 5.64. The van der Waals surface area contributed by atoms with Crippen LogP contribution in [0.15, 0.2) is 30.3 Å². The van der Waals surface area contributed by atoms with Gasteiger partial charge in [0.1, 0.15) is 0 Å². The van der Waals surface area contributed by atoms with Crippen LogP contribution in [0.1, 0.15) is 50.6 Å². The molecule has 0 saturated carbocycles. The van der Waals surface area contributed by atoms with Gasteiger partial charge in [0.15, 0.2) is 9.84 Å². The number of rotatable bonds is 7. The molecule has 1 N–H and O–H groups in total. The Kier molecular flexibility index (Phi) is 5.61. The highest BCUT2D eigenvalue weighted by atomic mass is 32.2. The lowest BCUT2D eigenvalue weighted by atomic mass is 10.0. The lowest BCUT2D eigenvalue weighted by molar-refractivity contribution is 0.472. The number of benzene rings is 1. The lowest BCUT2D eigenvalue weighted by Crippen LogP contribution is -2.33. The first-order chi connectivity index (χ1) is 9.63. The first-order valence-electron chi connectivity index (χ1n) is 7.63. The van der Waals surface area contributed by atoms with E-state index in [0.717, 1.165) is 32.1 Å². The number of hydrogen-bond donors (Lipinski definition) is 1. The molecule has 1 aliphatic rings. The van der Waals surface area contributed by atoms with Gasteiger partial charge in [-0.05, 0) is 24.8 Å². The van der Waals surface area contributed by atoms with Crippen molar-refractivity contribution in [2.45, 2.75) is 50.3 Å². The van der Waals surface area contributed by atoms with Gasteiger partial charge in [-0.2, -0.15) is 0 Å². The lowest BCUT2D eigenvalue weighted by Gasteiger charge is -2.21. The molecule has 20 heavy (non-hydrogen) atoms. The minimum absolute atomic E-state index is 0.185. The van der Waals surface area contributed by atoms with Crippen LogP contribution in [0.5, 0.6) is 0 Å². The summed E-state index contributed by atoms with van der Waals surface area (Å²) in [4.78, 5) is 0. The molecule has 1 heterocycles. The van der Waals surface area contributed by atoms with Gasteiger partial charge in [-0.25, -0.2) is 8.42 Å². The van der Waals surface area contributed by atoms with Gasteiger partial charge in [0, 0.05) is 12.6 Å². The van der Waals surface area contributed by atoms with Gasteiger partial charge in [0.05, 0.1) is 11.0 Å². The van der Waals surface area contributed by atoms with E-state index in [9.17, 15) is 8.42 Å². The van der Waals surface area contributed by atoms with Crippen LogP contribution in [0, 0.1) is 0 Å². The Bertz CT molecular complexity index is 498. The Balaban J connectivity index is 1.98. The summed E-state index contributed by atoms with van der Waals surface area (Å²) in [5.74, 6) is 0.365. The molecule has 2 rings (SSSR count). The van der Waals surface area contributed by atoms with Gasteiger partial charge in [-0.3, -0.25) is 0 Å². The van der Waals surface area contributed by atoms with Crippen molar-refractivity contribution >= 4 is 9.84 Å². The molecule has 2 unspecified atom stereocenters. The standard InChI is InChI=1S/C16H25NO2S/c1-2-3-11-16(14-8-5-4-6-9-14)17-13-15-10-7-12-20(15,18)19/h4-6,8-9,15-17H,2-3,7,10-13H2,1H3. The second kappa shape index (κ2) is 7.23. The predicted octanol–water partition coefficient (Wildman–Crippen LogP) is 3.08. The first-order valence-corrected chi connectivity index (χ1v) is 9.35. The van der Waals surface area contributed by atoms with E-state index in [1.807, 2.05) is 18.2 Å². The summed E-state index contributed by atoms with van der Waals surface area (Å²) in [6, 6.07) is 10.6. The van der Waals surface area contributed by atoms with Crippen molar-refractivity contribution in [3.8, 4) is 0 Å². The number of nitrogens with one attached hydrogen (secondary N) is 1. The fourth-order valence-electron chi connectivity index (χ4n) is 2.84. The van der Waals surface area contributed by atoms with Crippen molar-refractivity contribution in [2.24, 2.45) is 0 Å².